The fourth-order valence-corrected chi connectivity index (χ4v) is 1.89. The van der Waals surface area contributed by atoms with E-state index in [1.165, 1.54) is 5.56 Å². The van der Waals surface area contributed by atoms with Gasteiger partial charge in [0.2, 0.25) is 0 Å². The van der Waals surface area contributed by atoms with E-state index in [-0.39, 0.29) is 6.29 Å². The zero-order valence-corrected chi connectivity index (χ0v) is 15.2. The number of hydrogen-bond acceptors (Lipinski definition) is 3. The van der Waals surface area contributed by atoms with Gasteiger partial charge >= 0.3 is 0 Å². The highest BCUT2D eigenvalue weighted by atomic mass is 16.7. The number of methoxy groups -OCH3 is 2. The second kappa shape index (κ2) is 11.4. The molecular formula is C20H28NO3+. The Morgan fingerprint density at radius 3 is 1.88 bits per heavy atom. The number of ether oxygens (including phenoxy) is 3. The zero-order valence-electron chi connectivity index (χ0n) is 15.2. The van der Waals surface area contributed by atoms with Gasteiger partial charge in [-0.1, -0.05) is 38.1 Å². The monoisotopic (exact) mass is 330 g/mol. The molecule has 0 unspecified atom stereocenters. The Morgan fingerprint density at radius 1 is 0.875 bits per heavy atom. The predicted molar refractivity (Wildman–Crippen MR) is 97.6 cm³/mol. The summed E-state index contributed by atoms with van der Waals surface area (Å²) < 4.78 is 17.8. The van der Waals surface area contributed by atoms with Crippen LogP contribution in [0.25, 0.3) is 12.2 Å². The largest absolute Gasteiger partial charge is 0.488 e. The van der Waals surface area contributed by atoms with Gasteiger partial charge < -0.3 is 14.2 Å². The summed E-state index contributed by atoms with van der Waals surface area (Å²) in [5.74, 6) is 0.794. The van der Waals surface area contributed by atoms with Gasteiger partial charge in [-0.05, 0) is 23.3 Å². The van der Waals surface area contributed by atoms with E-state index in [1.54, 1.807) is 14.2 Å². The van der Waals surface area contributed by atoms with Gasteiger partial charge in [-0.25, -0.2) is 4.57 Å². The normalized spacial score (nSPS) is 10.6. The summed E-state index contributed by atoms with van der Waals surface area (Å²) in [5, 5.41) is 0. The highest BCUT2D eigenvalue weighted by Gasteiger charge is 2.05. The molecule has 0 atom stereocenters. The van der Waals surface area contributed by atoms with Crippen molar-refractivity contribution in [1.29, 1.82) is 0 Å². The molecule has 24 heavy (non-hydrogen) atoms. The topological polar surface area (TPSA) is 31.6 Å². The van der Waals surface area contributed by atoms with Crippen molar-refractivity contribution in [2.75, 3.05) is 20.8 Å². The van der Waals surface area contributed by atoms with Crippen molar-refractivity contribution in [3.05, 3.63) is 59.9 Å². The summed E-state index contributed by atoms with van der Waals surface area (Å²) in [6.07, 6.45) is 7.87. The van der Waals surface area contributed by atoms with Crippen molar-refractivity contribution < 1.29 is 18.8 Å². The Hall–Kier alpha value is -2.17. The van der Waals surface area contributed by atoms with Crippen molar-refractivity contribution in [2.24, 2.45) is 7.05 Å². The average molecular weight is 330 g/mol. The zero-order chi connectivity index (χ0) is 17.8. The van der Waals surface area contributed by atoms with E-state index in [0.717, 1.165) is 11.3 Å². The molecule has 0 fully saturated rings. The smallest absolute Gasteiger partial charge is 0.191 e. The maximum atomic E-state index is 5.60. The predicted octanol–water partition coefficient (Wildman–Crippen LogP) is 3.71. The molecular weight excluding hydrogens is 302 g/mol. The van der Waals surface area contributed by atoms with Crippen LogP contribution in [0.15, 0.2) is 48.8 Å². The number of rotatable bonds is 7. The minimum atomic E-state index is -0.348. The molecule has 0 spiro atoms. The van der Waals surface area contributed by atoms with Gasteiger partial charge in [-0.15, -0.1) is 0 Å². The number of benzene rings is 1. The summed E-state index contributed by atoms with van der Waals surface area (Å²) in [5.41, 5.74) is 2.29. The van der Waals surface area contributed by atoms with Gasteiger partial charge in [0, 0.05) is 26.4 Å². The van der Waals surface area contributed by atoms with Gasteiger partial charge in [-0.3, -0.25) is 0 Å². The number of nitrogens with zero attached hydrogens (tertiary/aromatic N) is 1. The molecule has 0 radical (unpaired) electrons. The number of aromatic nitrogens is 1. The van der Waals surface area contributed by atoms with Crippen LogP contribution in [0.3, 0.4) is 0 Å². The Labute approximate surface area is 145 Å². The molecule has 2 rings (SSSR count). The molecule has 0 saturated heterocycles. The molecule has 0 aliphatic heterocycles. The van der Waals surface area contributed by atoms with Crippen LogP contribution in [0, 0.1) is 0 Å². The molecule has 0 saturated carbocycles. The third-order valence-corrected chi connectivity index (χ3v) is 3.26. The fraction of sp³-hybridized carbons (Fsp3) is 0.350. The summed E-state index contributed by atoms with van der Waals surface area (Å²) in [7, 11) is 5.19. The fourth-order valence-electron chi connectivity index (χ4n) is 1.89. The average Bonchev–Trinajstić information content (AvgIpc) is 2.65. The Kier molecular flexibility index (Phi) is 9.42. The lowest BCUT2D eigenvalue weighted by Gasteiger charge is -2.14. The minimum absolute atomic E-state index is 0.348. The van der Waals surface area contributed by atoms with Crippen molar-refractivity contribution in [1.82, 2.24) is 0 Å². The SMILES string of the molecule is CC.COC(COc1ccc(/C=C/c2cc[n+](C)cc2)cc1)OC. The van der Waals surface area contributed by atoms with Crippen LogP contribution in [-0.2, 0) is 16.5 Å². The summed E-state index contributed by atoms with van der Waals surface area (Å²) >= 11 is 0. The summed E-state index contributed by atoms with van der Waals surface area (Å²) in [4.78, 5) is 0. The van der Waals surface area contributed by atoms with Crippen LogP contribution >= 0.6 is 0 Å². The van der Waals surface area contributed by atoms with Crippen molar-refractivity contribution in [3.63, 3.8) is 0 Å². The highest BCUT2D eigenvalue weighted by molar-refractivity contribution is 5.69. The first-order valence-electron chi connectivity index (χ1n) is 8.13. The molecule has 4 nitrogen and oxygen atoms in total. The van der Waals surface area contributed by atoms with E-state index < -0.39 is 0 Å². The molecule has 1 aromatic carbocycles. The second-order valence-electron chi connectivity index (χ2n) is 4.91. The third kappa shape index (κ3) is 6.94. The van der Waals surface area contributed by atoms with Crippen LogP contribution < -0.4 is 9.30 Å². The third-order valence-electron chi connectivity index (χ3n) is 3.26. The lowest BCUT2D eigenvalue weighted by atomic mass is 10.1. The number of hydrogen-bond donors (Lipinski definition) is 0. The molecule has 0 aliphatic rings. The van der Waals surface area contributed by atoms with Crippen LogP contribution in [-0.4, -0.2) is 27.1 Å². The standard InChI is InChI=1S/C18H22NO3.C2H6/c1-19-12-10-16(11-13-19)5-4-15-6-8-17(9-7-15)22-14-18(20-2)21-3;1-2/h4-13,18H,14H2,1-3H3;1-2H3/q+1;/b5-4+;. The van der Waals surface area contributed by atoms with Crippen molar-refractivity contribution >= 4 is 12.2 Å². The summed E-state index contributed by atoms with van der Waals surface area (Å²) in [6.45, 7) is 4.36. The molecule has 0 bridgehead atoms. The first-order chi connectivity index (χ1) is 11.7. The van der Waals surface area contributed by atoms with Gasteiger partial charge in [-0.2, -0.15) is 0 Å². The first kappa shape index (κ1) is 19.9. The molecule has 130 valence electrons. The maximum absolute atomic E-state index is 5.60. The second-order valence-corrected chi connectivity index (χ2v) is 4.91. The van der Waals surface area contributed by atoms with Crippen LogP contribution in [0.2, 0.25) is 0 Å². The maximum Gasteiger partial charge on any atom is 0.191 e. The van der Waals surface area contributed by atoms with E-state index in [4.69, 9.17) is 14.2 Å². The first-order valence-corrected chi connectivity index (χ1v) is 8.13. The van der Waals surface area contributed by atoms with Gasteiger partial charge in [0.15, 0.2) is 18.7 Å². The molecule has 0 amide bonds. The Balaban J connectivity index is 0.00000139. The Bertz CT molecular complexity index is 587. The molecule has 1 aromatic heterocycles. The number of aryl methyl sites for hydroxylation is 1. The van der Waals surface area contributed by atoms with E-state index in [2.05, 4.69) is 24.3 Å². The van der Waals surface area contributed by atoms with Gasteiger partial charge in [0.1, 0.15) is 19.4 Å². The quantitative estimate of drug-likeness (QED) is 0.573. The van der Waals surface area contributed by atoms with Crippen molar-refractivity contribution in [2.45, 2.75) is 20.1 Å². The van der Waals surface area contributed by atoms with E-state index in [9.17, 15) is 0 Å². The van der Waals surface area contributed by atoms with E-state index in [1.807, 2.05) is 62.1 Å². The van der Waals surface area contributed by atoms with Crippen LogP contribution in [0.4, 0.5) is 0 Å². The van der Waals surface area contributed by atoms with Gasteiger partial charge in [0.25, 0.3) is 0 Å². The lowest BCUT2D eigenvalue weighted by molar-refractivity contribution is -0.671. The number of pyridine rings is 1. The Morgan fingerprint density at radius 2 is 1.38 bits per heavy atom. The summed E-state index contributed by atoms with van der Waals surface area (Å²) in [6, 6.07) is 12.1. The molecule has 4 heteroatoms. The minimum Gasteiger partial charge on any atom is -0.488 e. The van der Waals surface area contributed by atoms with Crippen LogP contribution in [0.5, 0.6) is 5.75 Å². The molecule has 0 N–H and O–H groups in total. The highest BCUT2D eigenvalue weighted by Crippen LogP contribution is 2.15. The molecule has 2 aromatic rings. The molecule has 0 aliphatic carbocycles. The lowest BCUT2D eigenvalue weighted by Crippen LogP contribution is -2.25. The van der Waals surface area contributed by atoms with Crippen molar-refractivity contribution in [3.8, 4) is 5.75 Å². The van der Waals surface area contributed by atoms with Crippen LogP contribution in [0.1, 0.15) is 25.0 Å². The van der Waals surface area contributed by atoms with E-state index in [0.29, 0.717) is 6.61 Å². The molecule has 1 heterocycles. The van der Waals surface area contributed by atoms with Gasteiger partial charge in [0.05, 0.1) is 0 Å². The van der Waals surface area contributed by atoms with E-state index >= 15 is 0 Å².